The molecule has 1 aromatic carbocycles. The van der Waals surface area contributed by atoms with Gasteiger partial charge >= 0.3 is 0 Å². The molecule has 0 saturated heterocycles. The molecule has 1 aromatic rings. The number of rotatable bonds is 4. The molecule has 1 aliphatic carbocycles. The maximum absolute atomic E-state index is 14.0. The number of benzene rings is 1. The zero-order valence-corrected chi connectivity index (χ0v) is 11.9. The van der Waals surface area contributed by atoms with Gasteiger partial charge in [0.1, 0.15) is 0 Å². The van der Waals surface area contributed by atoms with Gasteiger partial charge in [-0.3, -0.25) is 10.1 Å². The summed E-state index contributed by atoms with van der Waals surface area (Å²) in [5.41, 5.74) is 4.32. The predicted molar refractivity (Wildman–Crippen MR) is 76.1 cm³/mol. The summed E-state index contributed by atoms with van der Waals surface area (Å²) in [5, 5.41) is 13.9. The van der Waals surface area contributed by atoms with Crippen LogP contribution in [0.1, 0.15) is 32.6 Å². The lowest BCUT2D eigenvalue weighted by atomic mass is 9.73. The summed E-state index contributed by atoms with van der Waals surface area (Å²) in [7, 11) is 0. The summed E-state index contributed by atoms with van der Waals surface area (Å²) in [4.78, 5) is 10.3. The van der Waals surface area contributed by atoms with Crippen LogP contribution in [-0.2, 0) is 0 Å². The van der Waals surface area contributed by atoms with E-state index in [9.17, 15) is 18.9 Å². The fraction of sp³-hybridized carbons (Fsp3) is 0.571. The highest BCUT2D eigenvalue weighted by Crippen LogP contribution is 2.39. The first-order valence-electron chi connectivity index (χ1n) is 7.02. The van der Waals surface area contributed by atoms with Crippen LogP contribution in [0.4, 0.5) is 20.2 Å². The zero-order chi connectivity index (χ0) is 15.6. The van der Waals surface area contributed by atoms with Crippen LogP contribution in [-0.4, -0.2) is 17.0 Å². The molecule has 2 atom stereocenters. The van der Waals surface area contributed by atoms with E-state index in [1.165, 1.54) is 0 Å². The highest BCUT2D eigenvalue weighted by atomic mass is 19.2. The van der Waals surface area contributed by atoms with Crippen LogP contribution in [0.2, 0.25) is 0 Å². The van der Waals surface area contributed by atoms with Gasteiger partial charge in [0.25, 0.3) is 5.69 Å². The maximum atomic E-state index is 14.0. The molecule has 0 spiro atoms. The van der Waals surface area contributed by atoms with Crippen LogP contribution in [0.15, 0.2) is 12.1 Å². The molecule has 116 valence electrons. The Morgan fingerprint density at radius 1 is 1.48 bits per heavy atom. The lowest BCUT2D eigenvalue weighted by molar-refractivity contribution is -0.384. The van der Waals surface area contributed by atoms with E-state index >= 15 is 0 Å². The van der Waals surface area contributed by atoms with Crippen molar-refractivity contribution in [3.05, 3.63) is 33.9 Å². The number of anilines is 1. The van der Waals surface area contributed by atoms with Gasteiger partial charge in [0, 0.05) is 12.6 Å². The van der Waals surface area contributed by atoms with E-state index in [0.29, 0.717) is 6.42 Å². The van der Waals surface area contributed by atoms with Crippen LogP contribution < -0.4 is 11.1 Å². The highest BCUT2D eigenvalue weighted by Gasteiger charge is 2.39. The number of nitrogens with zero attached hydrogens (tertiary/aromatic N) is 1. The van der Waals surface area contributed by atoms with E-state index in [2.05, 4.69) is 5.32 Å². The van der Waals surface area contributed by atoms with Gasteiger partial charge in [-0.05, 0) is 24.8 Å². The molecule has 1 aliphatic rings. The van der Waals surface area contributed by atoms with Crippen LogP contribution in [0, 0.1) is 27.7 Å². The Bertz CT molecular complexity index is 553. The minimum absolute atomic E-state index is 0.124. The summed E-state index contributed by atoms with van der Waals surface area (Å²) in [6.45, 7) is 2.18. The average Bonchev–Trinajstić information content (AvgIpc) is 2.46. The molecule has 7 heteroatoms. The van der Waals surface area contributed by atoms with Crippen LogP contribution >= 0.6 is 0 Å². The van der Waals surface area contributed by atoms with Gasteiger partial charge in [-0.1, -0.05) is 19.8 Å². The van der Waals surface area contributed by atoms with Gasteiger partial charge in [0.2, 0.25) is 0 Å². The van der Waals surface area contributed by atoms with Crippen molar-refractivity contribution in [1.82, 2.24) is 0 Å². The van der Waals surface area contributed by atoms with Crippen molar-refractivity contribution in [2.24, 2.45) is 11.7 Å². The van der Waals surface area contributed by atoms with E-state index in [1.807, 2.05) is 6.92 Å². The number of hydrogen-bond acceptors (Lipinski definition) is 4. The molecule has 0 aliphatic heterocycles. The summed E-state index contributed by atoms with van der Waals surface area (Å²) >= 11 is 0. The number of nitrogens with two attached hydrogens (primary N) is 1. The smallest absolute Gasteiger partial charge is 0.295 e. The molecule has 0 amide bonds. The van der Waals surface area contributed by atoms with Gasteiger partial charge in [-0.25, -0.2) is 8.78 Å². The van der Waals surface area contributed by atoms with Crippen molar-refractivity contribution < 1.29 is 13.7 Å². The van der Waals surface area contributed by atoms with Crippen LogP contribution in [0.25, 0.3) is 0 Å². The first kappa shape index (κ1) is 15.6. The fourth-order valence-corrected chi connectivity index (χ4v) is 3.01. The summed E-state index contributed by atoms with van der Waals surface area (Å²) in [5.74, 6) is -2.22. The third-order valence-electron chi connectivity index (χ3n) is 4.46. The highest BCUT2D eigenvalue weighted by molar-refractivity contribution is 5.64. The molecule has 2 rings (SSSR count). The quantitative estimate of drug-likeness (QED) is 0.661. The van der Waals surface area contributed by atoms with Gasteiger partial charge < -0.3 is 11.1 Å². The van der Waals surface area contributed by atoms with Crippen LogP contribution in [0.3, 0.4) is 0 Å². The predicted octanol–water partition coefficient (Wildman–Crippen LogP) is 3.19. The zero-order valence-electron chi connectivity index (χ0n) is 11.9. The number of hydrogen-bond donors (Lipinski definition) is 2. The SMILES string of the molecule is CC1CCCCC1(CN)Nc1c([N+](=O)[O-])ccc(F)c1F. The normalized spacial score (nSPS) is 25.6. The number of nitrogens with one attached hydrogen (secondary N) is 1. The van der Waals surface area contributed by atoms with E-state index in [0.717, 1.165) is 31.4 Å². The lowest BCUT2D eigenvalue weighted by Crippen LogP contribution is -2.52. The molecule has 2 unspecified atom stereocenters. The molecule has 21 heavy (non-hydrogen) atoms. The molecule has 0 heterocycles. The molecule has 1 fully saturated rings. The summed E-state index contributed by atoms with van der Waals surface area (Å²) in [6.07, 6.45) is 3.52. The van der Waals surface area contributed by atoms with E-state index in [4.69, 9.17) is 5.73 Å². The Kier molecular flexibility index (Phi) is 4.41. The van der Waals surface area contributed by atoms with Gasteiger partial charge in [0.05, 0.1) is 10.5 Å². The minimum Gasteiger partial charge on any atom is -0.370 e. The Morgan fingerprint density at radius 2 is 2.19 bits per heavy atom. The molecule has 0 radical (unpaired) electrons. The Morgan fingerprint density at radius 3 is 2.76 bits per heavy atom. The standard InChI is InChI=1S/C14H19F2N3O2/c1-9-4-2-3-7-14(9,8-17)18-13-11(19(20)21)6-5-10(15)12(13)16/h5-6,9,18H,2-4,7-8,17H2,1H3. The van der Waals surface area contributed by atoms with Gasteiger partial charge in [-0.15, -0.1) is 0 Å². The first-order chi connectivity index (χ1) is 9.91. The monoisotopic (exact) mass is 299 g/mol. The van der Waals surface area contributed by atoms with Gasteiger partial charge in [-0.2, -0.15) is 0 Å². The molecule has 5 nitrogen and oxygen atoms in total. The number of nitro groups is 1. The van der Waals surface area contributed by atoms with Crippen molar-refractivity contribution in [3.8, 4) is 0 Å². The molecule has 3 N–H and O–H groups in total. The third kappa shape index (κ3) is 2.83. The lowest BCUT2D eigenvalue weighted by Gasteiger charge is -2.43. The molecule has 0 bridgehead atoms. The van der Waals surface area contributed by atoms with E-state index in [-0.39, 0.29) is 12.5 Å². The van der Waals surface area contributed by atoms with E-state index < -0.39 is 33.5 Å². The van der Waals surface area contributed by atoms with Crippen molar-refractivity contribution >= 4 is 11.4 Å². The Balaban J connectivity index is 2.46. The largest absolute Gasteiger partial charge is 0.370 e. The van der Waals surface area contributed by atoms with Crippen molar-refractivity contribution in [2.45, 2.75) is 38.1 Å². The first-order valence-corrected chi connectivity index (χ1v) is 7.02. The van der Waals surface area contributed by atoms with Crippen molar-refractivity contribution in [2.75, 3.05) is 11.9 Å². The molecular formula is C14H19F2N3O2. The molecular weight excluding hydrogens is 280 g/mol. The summed E-state index contributed by atoms with van der Waals surface area (Å²) in [6, 6.07) is 1.73. The summed E-state index contributed by atoms with van der Waals surface area (Å²) < 4.78 is 27.5. The Labute approximate surface area is 121 Å². The van der Waals surface area contributed by atoms with Gasteiger partial charge in [0.15, 0.2) is 17.3 Å². The second-order valence-electron chi connectivity index (χ2n) is 5.64. The van der Waals surface area contributed by atoms with Crippen LogP contribution in [0.5, 0.6) is 0 Å². The second-order valence-corrected chi connectivity index (χ2v) is 5.64. The third-order valence-corrected chi connectivity index (χ3v) is 4.46. The fourth-order valence-electron chi connectivity index (χ4n) is 3.01. The average molecular weight is 299 g/mol. The minimum atomic E-state index is -1.23. The second kappa shape index (κ2) is 5.93. The molecule has 1 saturated carbocycles. The maximum Gasteiger partial charge on any atom is 0.295 e. The van der Waals surface area contributed by atoms with Crippen molar-refractivity contribution in [1.29, 1.82) is 0 Å². The topological polar surface area (TPSA) is 81.2 Å². The van der Waals surface area contributed by atoms with Crippen molar-refractivity contribution in [3.63, 3.8) is 0 Å². The van der Waals surface area contributed by atoms with E-state index in [1.54, 1.807) is 0 Å². The number of halogens is 2. The number of nitro benzene ring substituents is 1. The molecule has 0 aromatic heterocycles. The Hall–Kier alpha value is -1.76.